The summed E-state index contributed by atoms with van der Waals surface area (Å²) in [5, 5.41) is 0. The van der Waals surface area contributed by atoms with Gasteiger partial charge < -0.3 is 19.0 Å². The number of ether oxygens (including phenoxy) is 1. The largest absolute Gasteiger partial charge is 0.467 e. The van der Waals surface area contributed by atoms with Gasteiger partial charge in [-0.3, -0.25) is 9.59 Å². The predicted octanol–water partition coefficient (Wildman–Crippen LogP) is 4.29. The Kier molecular flexibility index (Phi) is 8.71. The molecule has 3 rings (SSSR count). The molecular formula is C25H34N2O4. The number of hydrogen-bond acceptors (Lipinski definition) is 4. The number of benzene rings is 1. The first-order chi connectivity index (χ1) is 15.1. The van der Waals surface area contributed by atoms with Gasteiger partial charge in [-0.25, -0.2) is 0 Å². The lowest BCUT2D eigenvalue weighted by atomic mass is 10.1. The van der Waals surface area contributed by atoms with Crippen LogP contribution in [0.2, 0.25) is 0 Å². The molecule has 0 spiro atoms. The smallest absolute Gasteiger partial charge is 0.254 e. The molecule has 2 amide bonds. The summed E-state index contributed by atoms with van der Waals surface area (Å²) in [6.07, 6.45) is 6.36. The van der Waals surface area contributed by atoms with Crippen molar-refractivity contribution in [3.8, 4) is 0 Å². The van der Waals surface area contributed by atoms with E-state index >= 15 is 0 Å². The average Bonchev–Trinajstić information content (AvgIpc) is 3.50. The molecule has 0 bridgehead atoms. The fourth-order valence-electron chi connectivity index (χ4n) is 3.81. The number of carbonyl (C=O) groups excluding carboxylic acids is 2. The third-order valence-electron chi connectivity index (χ3n) is 5.73. The minimum absolute atomic E-state index is 0.0419. The number of unbranched alkanes of at least 4 members (excludes halogenated alkanes) is 1. The van der Waals surface area contributed by atoms with E-state index in [-0.39, 0.29) is 24.5 Å². The Morgan fingerprint density at radius 1 is 1.10 bits per heavy atom. The van der Waals surface area contributed by atoms with E-state index in [0.29, 0.717) is 25.2 Å². The Labute approximate surface area is 185 Å². The lowest BCUT2D eigenvalue weighted by molar-refractivity contribution is -0.134. The number of nitrogens with zero attached hydrogens (tertiary/aromatic N) is 2. The van der Waals surface area contributed by atoms with Crippen molar-refractivity contribution in [2.75, 3.05) is 26.2 Å². The number of hydrogen-bond donors (Lipinski definition) is 0. The maximum Gasteiger partial charge on any atom is 0.254 e. The molecule has 31 heavy (non-hydrogen) atoms. The summed E-state index contributed by atoms with van der Waals surface area (Å²) in [6.45, 7) is 6.42. The Morgan fingerprint density at radius 3 is 2.52 bits per heavy atom. The lowest BCUT2D eigenvalue weighted by Gasteiger charge is -2.29. The maximum atomic E-state index is 13.3. The van der Waals surface area contributed by atoms with Gasteiger partial charge in [0.05, 0.1) is 18.9 Å². The molecule has 1 atom stereocenters. The summed E-state index contributed by atoms with van der Waals surface area (Å²) in [6, 6.07) is 11.4. The van der Waals surface area contributed by atoms with E-state index in [0.717, 1.165) is 44.5 Å². The summed E-state index contributed by atoms with van der Waals surface area (Å²) in [4.78, 5) is 29.9. The summed E-state index contributed by atoms with van der Waals surface area (Å²) >= 11 is 0. The van der Waals surface area contributed by atoms with Crippen LogP contribution in [0.4, 0.5) is 0 Å². The summed E-state index contributed by atoms with van der Waals surface area (Å²) < 4.78 is 11.2. The van der Waals surface area contributed by atoms with Crippen molar-refractivity contribution in [3.63, 3.8) is 0 Å². The average molecular weight is 427 g/mol. The van der Waals surface area contributed by atoms with Crippen molar-refractivity contribution < 1.29 is 18.7 Å². The molecule has 0 unspecified atom stereocenters. The van der Waals surface area contributed by atoms with E-state index in [4.69, 9.17) is 9.15 Å². The van der Waals surface area contributed by atoms with E-state index in [9.17, 15) is 9.59 Å². The second-order valence-electron chi connectivity index (χ2n) is 8.12. The predicted molar refractivity (Wildman–Crippen MR) is 120 cm³/mol. The van der Waals surface area contributed by atoms with Crippen LogP contribution in [-0.4, -0.2) is 54.0 Å². The molecule has 1 fully saturated rings. The molecule has 2 heterocycles. The monoisotopic (exact) mass is 426 g/mol. The van der Waals surface area contributed by atoms with Crippen LogP contribution in [0.3, 0.4) is 0 Å². The zero-order valence-electron chi connectivity index (χ0n) is 18.7. The lowest BCUT2D eigenvalue weighted by Crippen LogP contribution is -2.45. The van der Waals surface area contributed by atoms with Gasteiger partial charge in [-0.15, -0.1) is 0 Å². The van der Waals surface area contributed by atoms with Gasteiger partial charge >= 0.3 is 0 Å². The van der Waals surface area contributed by atoms with Crippen molar-refractivity contribution in [1.82, 2.24) is 9.80 Å². The molecule has 2 aromatic rings. The molecule has 0 N–H and O–H groups in total. The highest BCUT2D eigenvalue weighted by Gasteiger charge is 2.26. The van der Waals surface area contributed by atoms with Gasteiger partial charge in [0.15, 0.2) is 0 Å². The first-order valence-corrected chi connectivity index (χ1v) is 11.4. The first kappa shape index (κ1) is 23.1. The highest BCUT2D eigenvalue weighted by Crippen LogP contribution is 2.17. The molecule has 0 saturated carbocycles. The Balaban J connectivity index is 1.72. The number of rotatable bonds is 11. The van der Waals surface area contributed by atoms with Gasteiger partial charge in [0.2, 0.25) is 5.91 Å². The summed E-state index contributed by atoms with van der Waals surface area (Å²) in [7, 11) is 0. The molecular weight excluding hydrogens is 392 g/mol. The third kappa shape index (κ3) is 6.69. The highest BCUT2D eigenvalue weighted by atomic mass is 16.5. The van der Waals surface area contributed by atoms with E-state index < -0.39 is 0 Å². The van der Waals surface area contributed by atoms with Crippen molar-refractivity contribution in [2.24, 2.45) is 0 Å². The minimum Gasteiger partial charge on any atom is -0.467 e. The van der Waals surface area contributed by atoms with Gasteiger partial charge in [0.1, 0.15) is 12.3 Å². The molecule has 6 heteroatoms. The standard InChI is InChI=1S/C25H34N2O4/c1-3-5-14-26(25(29)21-12-10-20(4-2)11-13-21)19-24(28)27(17-22-8-6-15-30-22)18-23-9-7-16-31-23/h6,8,10-13,15,23H,3-5,7,9,14,16-19H2,1-2H3/t23-/m1/s1. The zero-order chi connectivity index (χ0) is 22.1. The fraction of sp³-hybridized carbons (Fsp3) is 0.520. The van der Waals surface area contributed by atoms with Crippen molar-refractivity contribution in [3.05, 3.63) is 59.5 Å². The quantitative estimate of drug-likeness (QED) is 0.538. The SMILES string of the molecule is CCCCN(CC(=O)N(Cc1ccco1)C[C@H]1CCCO1)C(=O)c1ccc(CC)cc1. The topological polar surface area (TPSA) is 63.0 Å². The van der Waals surface area contributed by atoms with Gasteiger partial charge in [-0.1, -0.05) is 32.4 Å². The van der Waals surface area contributed by atoms with Crippen molar-refractivity contribution >= 4 is 11.8 Å². The van der Waals surface area contributed by atoms with E-state index in [1.165, 1.54) is 5.56 Å². The molecule has 1 aliphatic rings. The van der Waals surface area contributed by atoms with Gasteiger partial charge in [0, 0.05) is 25.3 Å². The molecule has 1 aliphatic heterocycles. The number of aryl methyl sites for hydroxylation is 1. The summed E-state index contributed by atoms with van der Waals surface area (Å²) in [5.41, 5.74) is 1.81. The second-order valence-corrected chi connectivity index (χ2v) is 8.12. The van der Waals surface area contributed by atoms with Crippen LogP contribution in [0.25, 0.3) is 0 Å². The van der Waals surface area contributed by atoms with Crippen molar-refractivity contribution in [1.29, 1.82) is 0 Å². The van der Waals surface area contributed by atoms with Crippen LogP contribution in [0.1, 0.15) is 61.2 Å². The number of amides is 2. The maximum absolute atomic E-state index is 13.3. The fourth-order valence-corrected chi connectivity index (χ4v) is 3.81. The van der Waals surface area contributed by atoms with Gasteiger partial charge in [0.25, 0.3) is 5.91 Å². The highest BCUT2D eigenvalue weighted by molar-refractivity contribution is 5.96. The van der Waals surface area contributed by atoms with Crippen molar-refractivity contribution in [2.45, 2.75) is 58.6 Å². The van der Waals surface area contributed by atoms with E-state index in [1.54, 1.807) is 16.1 Å². The minimum atomic E-state index is -0.0977. The number of carbonyl (C=O) groups is 2. The van der Waals surface area contributed by atoms with Gasteiger partial charge in [-0.2, -0.15) is 0 Å². The first-order valence-electron chi connectivity index (χ1n) is 11.4. The Bertz CT molecular complexity index is 811. The molecule has 0 aliphatic carbocycles. The molecule has 1 aromatic carbocycles. The molecule has 1 saturated heterocycles. The van der Waals surface area contributed by atoms with Gasteiger partial charge in [-0.05, 0) is 55.5 Å². The Hall–Kier alpha value is -2.60. The molecule has 1 aromatic heterocycles. The number of furan rings is 1. The van der Waals surface area contributed by atoms with Crippen LogP contribution >= 0.6 is 0 Å². The van der Waals surface area contributed by atoms with Crippen LogP contribution in [0.15, 0.2) is 47.1 Å². The van der Waals surface area contributed by atoms with E-state index in [2.05, 4.69) is 13.8 Å². The van der Waals surface area contributed by atoms with Crippen LogP contribution in [0, 0.1) is 0 Å². The zero-order valence-corrected chi connectivity index (χ0v) is 18.7. The Morgan fingerprint density at radius 2 is 1.90 bits per heavy atom. The second kappa shape index (κ2) is 11.7. The normalized spacial score (nSPS) is 15.7. The van der Waals surface area contributed by atoms with E-state index in [1.807, 2.05) is 36.4 Å². The molecule has 0 radical (unpaired) electrons. The van der Waals surface area contributed by atoms with Crippen LogP contribution in [-0.2, 0) is 22.5 Å². The van der Waals surface area contributed by atoms with Crippen LogP contribution < -0.4 is 0 Å². The third-order valence-corrected chi connectivity index (χ3v) is 5.73. The molecule has 6 nitrogen and oxygen atoms in total. The summed E-state index contributed by atoms with van der Waals surface area (Å²) in [5.74, 6) is 0.550. The van der Waals surface area contributed by atoms with Crippen LogP contribution in [0.5, 0.6) is 0 Å². The molecule has 168 valence electrons.